The predicted octanol–water partition coefficient (Wildman–Crippen LogP) is 0.843. The van der Waals surface area contributed by atoms with E-state index in [1.165, 1.54) is 5.56 Å². The van der Waals surface area contributed by atoms with Crippen molar-refractivity contribution in [3.63, 3.8) is 0 Å². The van der Waals surface area contributed by atoms with E-state index >= 15 is 0 Å². The largest absolute Gasteiger partial charge is 0.383 e. The van der Waals surface area contributed by atoms with Gasteiger partial charge in [-0.25, -0.2) is 0 Å². The molecule has 0 aliphatic heterocycles. The SMILES string of the molecule is COCC(C)NCc1cn[nH]c1C. The van der Waals surface area contributed by atoms with Gasteiger partial charge in [0, 0.05) is 31.0 Å². The number of H-pyrrole nitrogens is 1. The number of hydrogen-bond donors (Lipinski definition) is 2. The van der Waals surface area contributed by atoms with Gasteiger partial charge in [-0.2, -0.15) is 5.10 Å². The first kappa shape index (κ1) is 10.2. The lowest BCUT2D eigenvalue weighted by atomic mass is 10.2. The first-order valence-corrected chi connectivity index (χ1v) is 4.45. The molecule has 0 saturated heterocycles. The van der Waals surface area contributed by atoms with Crippen LogP contribution in [0.2, 0.25) is 0 Å². The Bertz CT molecular complexity index is 247. The zero-order valence-corrected chi connectivity index (χ0v) is 8.42. The topological polar surface area (TPSA) is 49.9 Å². The van der Waals surface area contributed by atoms with Gasteiger partial charge in [-0.1, -0.05) is 0 Å². The van der Waals surface area contributed by atoms with Crippen LogP contribution in [0.15, 0.2) is 6.20 Å². The number of hydrogen-bond acceptors (Lipinski definition) is 3. The maximum atomic E-state index is 5.02. The van der Waals surface area contributed by atoms with Gasteiger partial charge in [-0.15, -0.1) is 0 Å². The second-order valence-corrected chi connectivity index (χ2v) is 3.26. The number of rotatable bonds is 5. The predicted molar refractivity (Wildman–Crippen MR) is 51.5 cm³/mol. The molecule has 0 aliphatic rings. The highest BCUT2D eigenvalue weighted by molar-refractivity contribution is 5.13. The van der Waals surface area contributed by atoms with Crippen molar-refractivity contribution in [1.82, 2.24) is 15.5 Å². The van der Waals surface area contributed by atoms with E-state index in [0.29, 0.717) is 6.04 Å². The van der Waals surface area contributed by atoms with Gasteiger partial charge in [0.15, 0.2) is 0 Å². The average Bonchev–Trinajstić information content (AvgIpc) is 2.48. The summed E-state index contributed by atoms with van der Waals surface area (Å²) < 4.78 is 5.02. The molecule has 1 atom stereocenters. The molecule has 0 aromatic carbocycles. The van der Waals surface area contributed by atoms with Crippen molar-refractivity contribution < 1.29 is 4.74 Å². The van der Waals surface area contributed by atoms with Crippen molar-refractivity contribution in [2.24, 2.45) is 0 Å². The third-order valence-electron chi connectivity index (χ3n) is 1.99. The lowest BCUT2D eigenvalue weighted by Gasteiger charge is -2.11. The van der Waals surface area contributed by atoms with Crippen LogP contribution in [-0.2, 0) is 11.3 Å². The molecule has 13 heavy (non-hydrogen) atoms. The number of aromatic nitrogens is 2. The van der Waals surface area contributed by atoms with Crippen molar-refractivity contribution in [3.05, 3.63) is 17.5 Å². The lowest BCUT2D eigenvalue weighted by Crippen LogP contribution is -2.29. The van der Waals surface area contributed by atoms with Crippen LogP contribution >= 0.6 is 0 Å². The van der Waals surface area contributed by atoms with Crippen LogP contribution in [0.5, 0.6) is 0 Å². The molecule has 0 fully saturated rings. The van der Waals surface area contributed by atoms with Gasteiger partial charge in [0.1, 0.15) is 0 Å². The highest BCUT2D eigenvalue weighted by Crippen LogP contribution is 2.01. The maximum Gasteiger partial charge on any atom is 0.0613 e. The van der Waals surface area contributed by atoms with Gasteiger partial charge in [0.2, 0.25) is 0 Å². The quantitative estimate of drug-likeness (QED) is 0.711. The molecule has 0 saturated carbocycles. The van der Waals surface area contributed by atoms with Crippen molar-refractivity contribution in [1.29, 1.82) is 0 Å². The molecule has 0 spiro atoms. The van der Waals surface area contributed by atoms with Crippen LogP contribution in [0.1, 0.15) is 18.2 Å². The zero-order chi connectivity index (χ0) is 9.68. The zero-order valence-electron chi connectivity index (χ0n) is 8.42. The average molecular weight is 183 g/mol. The molecule has 0 radical (unpaired) electrons. The van der Waals surface area contributed by atoms with Crippen molar-refractivity contribution >= 4 is 0 Å². The molecule has 74 valence electrons. The molecule has 4 nitrogen and oxygen atoms in total. The normalized spacial score (nSPS) is 13.2. The van der Waals surface area contributed by atoms with E-state index in [1.807, 2.05) is 13.1 Å². The number of ether oxygens (including phenoxy) is 1. The van der Waals surface area contributed by atoms with Crippen LogP contribution in [0.25, 0.3) is 0 Å². The molecule has 0 aliphatic carbocycles. The van der Waals surface area contributed by atoms with E-state index in [1.54, 1.807) is 7.11 Å². The van der Waals surface area contributed by atoms with E-state index in [-0.39, 0.29) is 0 Å². The minimum Gasteiger partial charge on any atom is -0.383 e. The summed E-state index contributed by atoms with van der Waals surface area (Å²) in [6.45, 7) is 5.69. The number of aryl methyl sites for hydroxylation is 1. The second-order valence-electron chi connectivity index (χ2n) is 3.26. The van der Waals surface area contributed by atoms with Crippen molar-refractivity contribution in [3.8, 4) is 0 Å². The van der Waals surface area contributed by atoms with E-state index < -0.39 is 0 Å². The third kappa shape index (κ3) is 3.16. The van der Waals surface area contributed by atoms with Crippen LogP contribution in [0, 0.1) is 6.92 Å². The molecular weight excluding hydrogens is 166 g/mol. The van der Waals surface area contributed by atoms with Crippen LogP contribution < -0.4 is 5.32 Å². The minimum atomic E-state index is 0.374. The fourth-order valence-corrected chi connectivity index (χ4v) is 1.15. The highest BCUT2D eigenvalue weighted by atomic mass is 16.5. The Hall–Kier alpha value is -0.870. The Kier molecular flexibility index (Phi) is 3.92. The summed E-state index contributed by atoms with van der Waals surface area (Å²) in [5.74, 6) is 0. The molecule has 0 amide bonds. The Morgan fingerprint density at radius 1 is 1.69 bits per heavy atom. The van der Waals surface area contributed by atoms with E-state index in [4.69, 9.17) is 4.74 Å². The minimum absolute atomic E-state index is 0.374. The van der Waals surface area contributed by atoms with Gasteiger partial charge < -0.3 is 10.1 Å². The maximum absolute atomic E-state index is 5.02. The van der Waals surface area contributed by atoms with Crippen LogP contribution in [-0.4, -0.2) is 30.0 Å². The number of methoxy groups -OCH3 is 1. The number of nitrogens with one attached hydrogen (secondary N) is 2. The molecular formula is C9H17N3O. The fourth-order valence-electron chi connectivity index (χ4n) is 1.15. The van der Waals surface area contributed by atoms with Crippen molar-refractivity contribution in [2.75, 3.05) is 13.7 Å². The lowest BCUT2D eigenvalue weighted by molar-refractivity contribution is 0.171. The molecule has 1 rings (SSSR count). The summed E-state index contributed by atoms with van der Waals surface area (Å²) in [6, 6.07) is 0.374. The summed E-state index contributed by atoms with van der Waals surface area (Å²) in [6.07, 6.45) is 1.85. The summed E-state index contributed by atoms with van der Waals surface area (Å²) in [5.41, 5.74) is 2.33. The van der Waals surface area contributed by atoms with Gasteiger partial charge in [-0.05, 0) is 13.8 Å². The summed E-state index contributed by atoms with van der Waals surface area (Å²) in [4.78, 5) is 0. The molecule has 4 heteroatoms. The number of nitrogens with zero attached hydrogens (tertiary/aromatic N) is 1. The molecule has 1 unspecified atom stereocenters. The Morgan fingerprint density at radius 2 is 2.46 bits per heavy atom. The molecule has 1 heterocycles. The van der Waals surface area contributed by atoms with Crippen LogP contribution in [0.3, 0.4) is 0 Å². The third-order valence-corrected chi connectivity index (χ3v) is 1.99. The second kappa shape index (κ2) is 4.99. The van der Waals surface area contributed by atoms with Gasteiger partial charge in [0.25, 0.3) is 0 Å². The smallest absolute Gasteiger partial charge is 0.0613 e. The molecule has 1 aromatic heterocycles. The molecule has 1 aromatic rings. The van der Waals surface area contributed by atoms with Gasteiger partial charge in [0.05, 0.1) is 12.8 Å². The van der Waals surface area contributed by atoms with Crippen LogP contribution in [0.4, 0.5) is 0 Å². The first-order valence-electron chi connectivity index (χ1n) is 4.45. The Balaban J connectivity index is 2.30. The van der Waals surface area contributed by atoms with E-state index in [2.05, 4.69) is 22.4 Å². The Morgan fingerprint density at radius 3 is 3.00 bits per heavy atom. The van der Waals surface area contributed by atoms with Crippen molar-refractivity contribution in [2.45, 2.75) is 26.4 Å². The standard InChI is InChI=1S/C9H17N3O/c1-7(6-13-3)10-4-9-5-11-12-8(9)2/h5,7,10H,4,6H2,1-3H3,(H,11,12). The Labute approximate surface area is 78.7 Å². The molecule has 0 bridgehead atoms. The highest BCUT2D eigenvalue weighted by Gasteiger charge is 2.03. The summed E-state index contributed by atoms with van der Waals surface area (Å²) in [5, 5.41) is 10.2. The van der Waals surface area contributed by atoms with E-state index in [0.717, 1.165) is 18.8 Å². The first-order chi connectivity index (χ1) is 6.24. The van der Waals surface area contributed by atoms with E-state index in [9.17, 15) is 0 Å². The molecule has 2 N–H and O–H groups in total. The van der Waals surface area contributed by atoms with Gasteiger partial charge in [-0.3, -0.25) is 5.10 Å². The fraction of sp³-hybridized carbons (Fsp3) is 0.667. The monoisotopic (exact) mass is 183 g/mol. The van der Waals surface area contributed by atoms with Gasteiger partial charge >= 0.3 is 0 Å². The summed E-state index contributed by atoms with van der Waals surface area (Å²) >= 11 is 0. The number of aromatic amines is 1. The summed E-state index contributed by atoms with van der Waals surface area (Å²) in [7, 11) is 1.71.